The maximum atomic E-state index is 9.97. The summed E-state index contributed by atoms with van der Waals surface area (Å²) in [6.45, 7) is 4.24. The lowest BCUT2D eigenvalue weighted by molar-refractivity contribution is 0.323. The van der Waals surface area contributed by atoms with Gasteiger partial charge in [0.15, 0.2) is 0 Å². The molecule has 2 saturated carbocycles. The number of phenols is 1. The van der Waals surface area contributed by atoms with E-state index in [2.05, 4.69) is 25.2 Å². The molecule has 2 N–H and O–H groups in total. The Labute approximate surface area is 109 Å². The Morgan fingerprint density at radius 1 is 1.28 bits per heavy atom. The van der Waals surface area contributed by atoms with Crippen LogP contribution >= 0.6 is 0 Å². The van der Waals surface area contributed by atoms with E-state index in [-0.39, 0.29) is 6.04 Å². The van der Waals surface area contributed by atoms with Gasteiger partial charge in [-0.15, -0.1) is 0 Å². The number of aromatic hydroxyl groups is 1. The van der Waals surface area contributed by atoms with E-state index in [0.29, 0.717) is 11.8 Å². The molecule has 4 unspecified atom stereocenters. The molecule has 0 radical (unpaired) electrons. The summed E-state index contributed by atoms with van der Waals surface area (Å²) in [5.74, 6) is 2.26. The molecule has 0 aliphatic heterocycles. The van der Waals surface area contributed by atoms with Crippen molar-refractivity contribution in [3.05, 3.63) is 29.3 Å². The number of fused-ring (bicyclic) bond motifs is 2. The predicted molar refractivity (Wildman–Crippen MR) is 73.6 cm³/mol. The van der Waals surface area contributed by atoms with Gasteiger partial charge >= 0.3 is 0 Å². The first kappa shape index (κ1) is 12.0. The summed E-state index contributed by atoms with van der Waals surface area (Å²) in [5.41, 5.74) is 2.25. The molecular weight excluding hydrogens is 222 g/mol. The standard InChI is InChI=1S/C16H23NO/c1-10-3-6-16(18)14(7-10)11(2)17-15-9-12-4-5-13(15)8-12/h3,6-7,11-13,15,17-18H,4-5,8-9H2,1-2H3. The largest absolute Gasteiger partial charge is 0.508 e. The average molecular weight is 245 g/mol. The van der Waals surface area contributed by atoms with Crippen LogP contribution in [0.5, 0.6) is 5.75 Å². The predicted octanol–water partition coefficient (Wildman–Crippen LogP) is 3.54. The zero-order valence-corrected chi connectivity index (χ0v) is 11.3. The van der Waals surface area contributed by atoms with E-state index in [1.54, 1.807) is 0 Å². The fourth-order valence-corrected chi connectivity index (χ4v) is 3.88. The topological polar surface area (TPSA) is 32.3 Å². The minimum atomic E-state index is 0.245. The van der Waals surface area contributed by atoms with Gasteiger partial charge in [0.25, 0.3) is 0 Å². The minimum absolute atomic E-state index is 0.245. The Balaban J connectivity index is 1.71. The van der Waals surface area contributed by atoms with Crippen LogP contribution in [0.3, 0.4) is 0 Å². The zero-order valence-electron chi connectivity index (χ0n) is 11.3. The summed E-state index contributed by atoms with van der Waals surface area (Å²) in [7, 11) is 0. The van der Waals surface area contributed by atoms with Crippen molar-refractivity contribution in [2.24, 2.45) is 11.8 Å². The molecule has 2 fully saturated rings. The van der Waals surface area contributed by atoms with Crippen LogP contribution < -0.4 is 5.32 Å². The summed E-state index contributed by atoms with van der Waals surface area (Å²) >= 11 is 0. The van der Waals surface area contributed by atoms with Gasteiger partial charge in [-0.2, -0.15) is 0 Å². The normalized spacial score (nSPS) is 31.8. The molecule has 0 saturated heterocycles. The van der Waals surface area contributed by atoms with Crippen LogP contribution in [0.2, 0.25) is 0 Å². The smallest absolute Gasteiger partial charge is 0.120 e. The molecule has 2 aliphatic carbocycles. The van der Waals surface area contributed by atoms with Gasteiger partial charge in [-0.25, -0.2) is 0 Å². The van der Waals surface area contributed by atoms with Crippen molar-refractivity contribution in [1.29, 1.82) is 0 Å². The first-order valence-electron chi connectivity index (χ1n) is 7.19. The third-order valence-electron chi connectivity index (χ3n) is 4.85. The quantitative estimate of drug-likeness (QED) is 0.853. The Kier molecular flexibility index (Phi) is 3.06. The lowest BCUT2D eigenvalue weighted by Gasteiger charge is -2.27. The molecule has 2 nitrogen and oxygen atoms in total. The first-order chi connectivity index (χ1) is 8.63. The summed E-state index contributed by atoms with van der Waals surface area (Å²) < 4.78 is 0. The third-order valence-corrected chi connectivity index (χ3v) is 4.85. The number of rotatable bonds is 3. The number of aryl methyl sites for hydroxylation is 1. The van der Waals surface area contributed by atoms with Crippen molar-refractivity contribution in [1.82, 2.24) is 5.32 Å². The van der Waals surface area contributed by atoms with Gasteiger partial charge in [-0.1, -0.05) is 24.1 Å². The van der Waals surface area contributed by atoms with Gasteiger partial charge < -0.3 is 10.4 Å². The van der Waals surface area contributed by atoms with E-state index < -0.39 is 0 Å². The number of benzene rings is 1. The van der Waals surface area contributed by atoms with E-state index in [1.165, 1.54) is 31.2 Å². The van der Waals surface area contributed by atoms with Gasteiger partial charge in [0.05, 0.1) is 0 Å². The fraction of sp³-hybridized carbons (Fsp3) is 0.625. The zero-order chi connectivity index (χ0) is 12.7. The SMILES string of the molecule is Cc1ccc(O)c(C(C)NC2CC3CCC2C3)c1. The Bertz CT molecular complexity index is 443. The monoisotopic (exact) mass is 245 g/mol. The number of nitrogens with one attached hydrogen (secondary N) is 1. The van der Waals surface area contributed by atoms with Gasteiger partial charge in [0, 0.05) is 17.6 Å². The molecule has 1 aromatic rings. The molecule has 0 amide bonds. The number of phenolic OH excluding ortho intramolecular Hbond substituents is 1. The molecule has 1 aromatic carbocycles. The van der Waals surface area contributed by atoms with Crippen molar-refractivity contribution >= 4 is 0 Å². The Hall–Kier alpha value is -1.02. The summed E-state index contributed by atoms with van der Waals surface area (Å²) in [4.78, 5) is 0. The molecule has 98 valence electrons. The first-order valence-corrected chi connectivity index (χ1v) is 7.19. The van der Waals surface area contributed by atoms with E-state index >= 15 is 0 Å². The second-order valence-electron chi connectivity index (χ2n) is 6.23. The van der Waals surface area contributed by atoms with E-state index in [1.807, 2.05) is 12.1 Å². The highest BCUT2D eigenvalue weighted by atomic mass is 16.3. The van der Waals surface area contributed by atoms with Crippen LogP contribution in [0.1, 0.15) is 49.8 Å². The Morgan fingerprint density at radius 2 is 2.11 bits per heavy atom. The Morgan fingerprint density at radius 3 is 2.78 bits per heavy atom. The maximum absolute atomic E-state index is 9.97. The van der Waals surface area contributed by atoms with Crippen LogP contribution in [-0.4, -0.2) is 11.1 Å². The van der Waals surface area contributed by atoms with E-state index in [4.69, 9.17) is 0 Å². The highest BCUT2D eigenvalue weighted by Gasteiger charge is 2.39. The lowest BCUT2D eigenvalue weighted by Crippen LogP contribution is -2.35. The van der Waals surface area contributed by atoms with Crippen LogP contribution in [0.15, 0.2) is 18.2 Å². The van der Waals surface area contributed by atoms with Crippen LogP contribution in [0.4, 0.5) is 0 Å². The van der Waals surface area contributed by atoms with Crippen molar-refractivity contribution < 1.29 is 5.11 Å². The van der Waals surface area contributed by atoms with Crippen molar-refractivity contribution in [3.8, 4) is 5.75 Å². The molecule has 0 aromatic heterocycles. The summed E-state index contributed by atoms with van der Waals surface area (Å²) in [5, 5.41) is 13.7. The second-order valence-corrected chi connectivity index (χ2v) is 6.23. The summed E-state index contributed by atoms with van der Waals surface area (Å²) in [6, 6.07) is 6.78. The van der Waals surface area contributed by atoms with Crippen LogP contribution in [0.25, 0.3) is 0 Å². The molecule has 2 heteroatoms. The van der Waals surface area contributed by atoms with Gasteiger partial charge in [-0.05, 0) is 51.0 Å². The van der Waals surface area contributed by atoms with Crippen molar-refractivity contribution in [2.45, 2.75) is 51.6 Å². The molecule has 2 aliphatic rings. The summed E-state index contributed by atoms with van der Waals surface area (Å²) in [6.07, 6.45) is 5.59. The van der Waals surface area contributed by atoms with E-state index in [9.17, 15) is 5.11 Å². The van der Waals surface area contributed by atoms with E-state index in [0.717, 1.165) is 17.4 Å². The van der Waals surface area contributed by atoms with Gasteiger partial charge in [-0.3, -0.25) is 0 Å². The second kappa shape index (κ2) is 4.58. The third kappa shape index (κ3) is 2.14. The van der Waals surface area contributed by atoms with Gasteiger partial charge in [0.1, 0.15) is 5.75 Å². The molecule has 18 heavy (non-hydrogen) atoms. The average Bonchev–Trinajstić information content (AvgIpc) is 2.94. The number of hydrogen-bond acceptors (Lipinski definition) is 2. The van der Waals surface area contributed by atoms with Crippen molar-refractivity contribution in [3.63, 3.8) is 0 Å². The molecule has 0 heterocycles. The van der Waals surface area contributed by atoms with Crippen LogP contribution in [-0.2, 0) is 0 Å². The number of hydrogen-bond donors (Lipinski definition) is 2. The molecule has 3 rings (SSSR count). The maximum Gasteiger partial charge on any atom is 0.120 e. The van der Waals surface area contributed by atoms with Crippen LogP contribution in [0, 0.1) is 18.8 Å². The van der Waals surface area contributed by atoms with Crippen molar-refractivity contribution in [2.75, 3.05) is 0 Å². The fourth-order valence-electron chi connectivity index (χ4n) is 3.88. The highest BCUT2D eigenvalue weighted by molar-refractivity contribution is 5.37. The minimum Gasteiger partial charge on any atom is -0.508 e. The van der Waals surface area contributed by atoms with Gasteiger partial charge in [0.2, 0.25) is 0 Å². The molecular formula is C16H23NO. The molecule has 4 atom stereocenters. The highest BCUT2D eigenvalue weighted by Crippen LogP contribution is 2.45. The lowest BCUT2D eigenvalue weighted by atomic mass is 9.93. The molecule has 0 spiro atoms. The molecule has 2 bridgehead atoms.